The van der Waals surface area contributed by atoms with Crippen molar-refractivity contribution in [3.05, 3.63) is 198 Å². The van der Waals surface area contributed by atoms with Crippen LogP contribution in [0.3, 0.4) is 0 Å². The van der Waals surface area contributed by atoms with Crippen LogP contribution in [0, 0.1) is 126 Å². The molecule has 0 aliphatic heterocycles. The first-order valence-corrected chi connectivity index (χ1v) is 12.2. The van der Waals surface area contributed by atoms with Crippen LogP contribution in [0.2, 0.25) is 0 Å². The summed E-state index contributed by atoms with van der Waals surface area (Å²) in [6.45, 7) is 0. The van der Waals surface area contributed by atoms with Crippen molar-refractivity contribution in [1.82, 2.24) is 0 Å². The van der Waals surface area contributed by atoms with Gasteiger partial charge in [0.15, 0.2) is 0 Å². The van der Waals surface area contributed by atoms with E-state index < -0.39 is 0 Å². The van der Waals surface area contributed by atoms with Crippen molar-refractivity contribution in [2.45, 2.75) is 12.1 Å². The van der Waals surface area contributed by atoms with Crippen LogP contribution in [0.5, 0.6) is 0 Å². The van der Waals surface area contributed by atoms with E-state index in [1.54, 1.807) is 0 Å². The fourth-order valence-electron chi connectivity index (χ4n) is 4.22. The van der Waals surface area contributed by atoms with Gasteiger partial charge in [0.25, 0.3) is 0 Å². The zero-order valence-electron chi connectivity index (χ0n) is 21.0. The van der Waals surface area contributed by atoms with Crippen molar-refractivity contribution in [3.63, 3.8) is 0 Å². The molecule has 0 amide bonds. The molecule has 4 heteroatoms. The first-order valence-electron chi connectivity index (χ1n) is 12.2. The maximum absolute atomic E-state index is 6.57. The zero-order chi connectivity index (χ0) is 25.0. The summed E-state index contributed by atoms with van der Waals surface area (Å²) < 4.78 is 0. The molecule has 4 aliphatic rings. The first-order chi connectivity index (χ1) is 17.8. The molecule has 38 heavy (non-hydrogen) atoms. The van der Waals surface area contributed by atoms with Gasteiger partial charge >= 0.3 is 34.1 Å². The Balaban J connectivity index is 0.000000354. The van der Waals surface area contributed by atoms with Crippen LogP contribution in [-0.4, -0.2) is 0 Å². The molecule has 4 saturated carbocycles. The molecule has 0 heterocycles. The van der Waals surface area contributed by atoms with E-state index >= 15 is 0 Å². The van der Waals surface area contributed by atoms with E-state index in [9.17, 15) is 0 Å². The van der Waals surface area contributed by atoms with Crippen LogP contribution in [0.1, 0.15) is 23.2 Å². The van der Waals surface area contributed by atoms with Gasteiger partial charge in [-0.05, 0) is 126 Å². The van der Waals surface area contributed by atoms with Crippen LogP contribution in [0.25, 0.3) is 0 Å². The summed E-state index contributed by atoms with van der Waals surface area (Å²) in [4.78, 5) is 0. The summed E-state index contributed by atoms with van der Waals surface area (Å²) in [5, 5.41) is 0. The minimum Gasteiger partial charge on any atom is -0.323 e. The van der Waals surface area contributed by atoms with E-state index in [0.717, 1.165) is 34.8 Å². The van der Waals surface area contributed by atoms with Crippen LogP contribution < -0.4 is 11.5 Å². The van der Waals surface area contributed by atoms with Gasteiger partial charge in [0.1, 0.15) is 0 Å². The summed E-state index contributed by atoms with van der Waals surface area (Å²) in [7, 11) is 0. The average molecular weight is 580 g/mol. The third-order valence-electron chi connectivity index (χ3n) is 6.09. The normalized spacial score (nSPS) is 21.8. The Morgan fingerprint density at radius 3 is 0.947 bits per heavy atom. The van der Waals surface area contributed by atoms with Crippen molar-refractivity contribution in [2.24, 2.45) is 11.5 Å². The summed E-state index contributed by atoms with van der Waals surface area (Å²) in [5.41, 5.74) is 15.4. The number of hydrogen-bond acceptors (Lipinski definition) is 2. The topological polar surface area (TPSA) is 52.0 Å². The van der Waals surface area contributed by atoms with E-state index in [1.165, 1.54) is 0 Å². The monoisotopic (exact) mass is 580 g/mol. The second-order valence-electron chi connectivity index (χ2n) is 8.49. The van der Waals surface area contributed by atoms with E-state index in [-0.39, 0.29) is 46.2 Å². The Morgan fingerprint density at radius 1 is 0.368 bits per heavy atom. The van der Waals surface area contributed by atoms with Gasteiger partial charge in [-0.2, -0.15) is 0 Å². The molecule has 0 saturated heterocycles. The van der Waals surface area contributed by atoms with Gasteiger partial charge in [-0.25, -0.2) is 0 Å². The van der Waals surface area contributed by atoms with Crippen molar-refractivity contribution in [2.75, 3.05) is 0 Å². The smallest absolute Gasteiger partial charge is 0.323 e. The average Bonchev–Trinajstić information content (AvgIpc) is 3.76. The Bertz CT molecular complexity index is 751. The van der Waals surface area contributed by atoms with Crippen molar-refractivity contribution >= 4 is 0 Å². The molecule has 0 unspecified atom stereocenters. The quantitative estimate of drug-likeness (QED) is 0.428. The molecule has 20 radical (unpaired) electrons. The minimum atomic E-state index is -0.156. The number of rotatable bonds is 5. The van der Waals surface area contributed by atoms with E-state index in [1.807, 2.05) is 101 Å². The molecule has 2 aromatic rings. The minimum absolute atomic E-state index is 0. The fraction of sp³-hybridized carbons (Fsp3) is 0.0588. The van der Waals surface area contributed by atoms with Crippen molar-refractivity contribution in [1.29, 1.82) is 0 Å². The summed E-state index contributed by atoms with van der Waals surface area (Å²) in [6, 6.07) is 20.1. The molecule has 0 spiro atoms. The maximum atomic E-state index is 6.57. The van der Waals surface area contributed by atoms with Crippen molar-refractivity contribution in [3.8, 4) is 0 Å². The Hall–Kier alpha value is -0.601. The predicted molar refractivity (Wildman–Crippen MR) is 149 cm³/mol. The van der Waals surface area contributed by atoms with Crippen LogP contribution >= 0.6 is 0 Å². The van der Waals surface area contributed by atoms with Gasteiger partial charge in [-0.3, -0.25) is 0 Å². The fourth-order valence-corrected chi connectivity index (χ4v) is 4.22. The number of nitrogens with two attached hydrogens (primary N) is 2. The molecule has 4 fully saturated rings. The molecule has 2 nitrogen and oxygen atoms in total. The summed E-state index contributed by atoms with van der Waals surface area (Å²) in [6.07, 6.45) is 32.6. The SMILES string of the molecule is N[C@@H]([C]1[CH][CH][CH][C]1[C]1[CH][CH][CH][C]1[C@H](N)c1ccccc1)c1ccccc1.[CH]1[CH][CH][CH][CH]1.[CH]1[CH][CH][CH][CH]1.[Fe+2].[Fe+2]. The predicted octanol–water partition coefficient (Wildman–Crippen LogP) is 5.98. The third-order valence-corrected chi connectivity index (χ3v) is 6.09. The zero-order valence-corrected chi connectivity index (χ0v) is 23.2. The number of hydrogen-bond donors (Lipinski definition) is 2. The van der Waals surface area contributed by atoms with Gasteiger partial charge < -0.3 is 11.5 Å². The van der Waals surface area contributed by atoms with Gasteiger partial charge in [0, 0.05) is 23.9 Å². The van der Waals surface area contributed by atoms with E-state index in [0.29, 0.717) is 0 Å². The first kappa shape index (κ1) is 33.6. The molecule has 4 aliphatic carbocycles. The van der Waals surface area contributed by atoms with Crippen molar-refractivity contribution < 1.29 is 34.1 Å². The third kappa shape index (κ3) is 9.79. The van der Waals surface area contributed by atoms with E-state index in [2.05, 4.69) is 62.8 Å². The second kappa shape index (κ2) is 18.7. The Kier molecular flexibility index (Phi) is 16.5. The molecule has 4 N–H and O–H groups in total. The molecule has 6 rings (SSSR count). The Morgan fingerprint density at radius 2 is 0.658 bits per heavy atom. The maximum Gasteiger partial charge on any atom is 2.00 e. The standard InChI is InChI=1S/C24H22N2.2C5H5.2Fe/c25-23(17-9-3-1-4-10-17)21-15-7-13-19(21)20-14-8-16-22(20)24(26)18-11-5-2-6-12-18;2*1-2-4-5-3-1;;/h1-16,23-24H,25-26H2;2*1-5H;;/q;;;2*+2/t23-,24-;;;;/m1..../s1. The molecule has 2 aromatic carbocycles. The largest absolute Gasteiger partial charge is 2.00 e. The molecule has 190 valence electrons. The van der Waals surface area contributed by atoms with E-state index in [4.69, 9.17) is 11.5 Å². The number of benzene rings is 2. The molecular formula is C34H32Fe2N2+4. The summed E-state index contributed by atoms with van der Waals surface area (Å²) >= 11 is 0. The molecule has 0 aromatic heterocycles. The van der Waals surface area contributed by atoms with Gasteiger partial charge in [0.2, 0.25) is 0 Å². The van der Waals surface area contributed by atoms with Crippen LogP contribution in [0.4, 0.5) is 0 Å². The second-order valence-corrected chi connectivity index (χ2v) is 8.49. The molecule has 0 bridgehead atoms. The summed E-state index contributed by atoms with van der Waals surface area (Å²) in [5.74, 6) is 4.58. The Labute approximate surface area is 254 Å². The van der Waals surface area contributed by atoms with Gasteiger partial charge in [-0.15, -0.1) is 0 Å². The van der Waals surface area contributed by atoms with Crippen LogP contribution in [-0.2, 0) is 34.1 Å². The van der Waals surface area contributed by atoms with Crippen LogP contribution in [0.15, 0.2) is 60.7 Å². The molecule has 2 atom stereocenters. The van der Waals surface area contributed by atoms with Gasteiger partial charge in [-0.1, -0.05) is 60.7 Å². The molecular weight excluding hydrogens is 548 g/mol. The van der Waals surface area contributed by atoms with Gasteiger partial charge in [0.05, 0.1) is 0 Å².